The van der Waals surface area contributed by atoms with Gasteiger partial charge in [-0.1, -0.05) is 168 Å². The minimum absolute atomic E-state index is 0. The fraction of sp³-hybridized carbons (Fsp3) is 0.784. The molecule has 0 heterocycles. The van der Waals surface area contributed by atoms with E-state index in [2.05, 4.69) is 69.2 Å². The van der Waals surface area contributed by atoms with Crippen molar-refractivity contribution in [1.29, 1.82) is 0 Å². The standard InChI is InChI=1S/C20H28O5.5C19H28O3.CH4/c1-10(21)25-19-17(24)9-15-18-14(5-6-20(15,19)2)13-4-3-12(22)7-11(13)8-16(18)23;2*1-10-16(21)9-15-18-14(5-6-19(10,15)2)13-4-3-12(20)7-11(13)8-17(18)22;3*1-10-7-15-17-14(5-6-19(15,2)18(10)22)13-4-3-12(20)8-11(13)9-16(17)21;/h12,14-16,18,22-24H,3-9H2,1-2H3;7,10,12-13,15-17,20-22H,3-6,8-9H2,1-2H3;7,10,12-14,16-17,20-22H,3-6,8-9H2,1-2H3;12,14-17,20-22H,3-9H2,1-2H3;8,10,12-13,15-16,18,20-22H,3-7,9H2,1-2H3;8,10,12-14,16,18,20-22H,3-7,9H2,1-2H3;1H4/t12-,14?,15?,16-,18?,20-;10-,12-,13?,15?,16+,17-,19+;10-,12-,13?,14?,16+,17-,19+;12-,14?,15?,16-,17?,19-;10-,12+,13?,15?,16+,18+,19+;10-,12+,13?,14?,16+,18+,19+;/m000011./s1. The van der Waals surface area contributed by atoms with Crippen molar-refractivity contribution in [3.8, 4) is 0 Å². The molecule has 0 aromatic carbocycles. The van der Waals surface area contributed by atoms with E-state index in [9.17, 15) is 96.7 Å². The quantitative estimate of drug-likeness (QED) is 0.0856. The summed E-state index contributed by atoms with van der Waals surface area (Å²) in [5, 5.41) is 187. The molecule has 0 aliphatic heterocycles. The summed E-state index contributed by atoms with van der Waals surface area (Å²) in [6, 6.07) is 0. The van der Waals surface area contributed by atoms with Crippen LogP contribution in [0.4, 0.5) is 0 Å². The van der Waals surface area contributed by atoms with Gasteiger partial charge in [0.25, 0.3) is 0 Å². The number of fused-ring (bicyclic) bond motifs is 24. The first-order chi connectivity index (χ1) is 63.9. The van der Waals surface area contributed by atoms with E-state index in [0.29, 0.717) is 139 Å². The predicted octanol–water partition coefficient (Wildman–Crippen LogP) is 17.3. The fourth-order valence-corrected chi connectivity index (χ4v) is 35.8. The lowest BCUT2D eigenvalue weighted by Crippen LogP contribution is -2.49. The molecule has 756 valence electrons. The fourth-order valence-electron chi connectivity index (χ4n) is 35.8. The maximum absolute atomic E-state index is 11.5. The first kappa shape index (κ1) is 101. The second-order valence-electron chi connectivity index (χ2n) is 50.2. The smallest absolute Gasteiger partial charge is 0.307 e. The van der Waals surface area contributed by atoms with Gasteiger partial charge >= 0.3 is 5.97 Å². The van der Waals surface area contributed by atoms with Crippen LogP contribution >= 0.6 is 0 Å². The molecule has 14 unspecified atom stereocenters. The Morgan fingerprint density at radius 3 is 1.29 bits per heavy atom. The van der Waals surface area contributed by atoms with Crippen molar-refractivity contribution in [3.63, 3.8) is 0 Å². The summed E-state index contributed by atoms with van der Waals surface area (Å²) in [6.45, 7) is 25.3. The zero-order valence-corrected chi connectivity index (χ0v) is 83.2. The molecule has 20 nitrogen and oxygen atoms in total. The highest BCUT2D eigenvalue weighted by atomic mass is 16.5. The van der Waals surface area contributed by atoms with Gasteiger partial charge in [0.15, 0.2) is 5.76 Å². The van der Waals surface area contributed by atoms with E-state index in [-0.39, 0.29) is 136 Å². The summed E-state index contributed by atoms with van der Waals surface area (Å²) in [5.74, 6) is 7.09. The molecule has 136 heavy (non-hydrogen) atoms. The average Bonchev–Trinajstić information content (AvgIpc) is 1.52. The molecule has 0 spiro atoms. The van der Waals surface area contributed by atoms with Crippen LogP contribution in [0.1, 0.15) is 335 Å². The maximum Gasteiger partial charge on any atom is 0.307 e. The number of carbonyl (C=O) groups is 1. The number of esters is 1. The summed E-state index contributed by atoms with van der Waals surface area (Å²) in [6.07, 6.45) is 36.7. The summed E-state index contributed by atoms with van der Waals surface area (Å²) in [7, 11) is 0. The molecule has 0 aromatic heterocycles. The van der Waals surface area contributed by atoms with Gasteiger partial charge in [-0.05, 0) is 378 Å². The number of carbonyl (C=O) groups excluding carboxylic acids is 1. The molecule has 40 atom stereocenters. The van der Waals surface area contributed by atoms with Crippen LogP contribution in [-0.4, -0.2) is 196 Å². The van der Waals surface area contributed by atoms with E-state index in [0.717, 1.165) is 205 Å². The summed E-state index contributed by atoms with van der Waals surface area (Å²) >= 11 is 0. The van der Waals surface area contributed by atoms with Crippen molar-refractivity contribution in [2.24, 2.45) is 139 Å². The largest absolute Gasteiger partial charge is 0.512 e. The van der Waals surface area contributed by atoms with E-state index >= 15 is 0 Å². The topological polar surface area (TPSA) is 390 Å². The van der Waals surface area contributed by atoms with E-state index in [1.54, 1.807) is 5.57 Å². The lowest BCUT2D eigenvalue weighted by atomic mass is 9.53. The van der Waals surface area contributed by atoms with Gasteiger partial charge in [0.2, 0.25) is 0 Å². The van der Waals surface area contributed by atoms with Crippen LogP contribution in [0.3, 0.4) is 0 Å². The molecule has 24 aliphatic carbocycles. The molecule has 8 saturated carbocycles. The zero-order chi connectivity index (χ0) is 96.2. The second-order valence-corrected chi connectivity index (χ2v) is 50.2. The third-order valence-corrected chi connectivity index (χ3v) is 43.3. The van der Waals surface area contributed by atoms with Gasteiger partial charge in [-0.3, -0.25) is 4.79 Å². The number of allylic oxidation sites excluding steroid dienone is 8. The van der Waals surface area contributed by atoms with Crippen molar-refractivity contribution in [1.82, 2.24) is 0 Å². The average molecular weight is 1890 g/mol. The van der Waals surface area contributed by atoms with Crippen molar-refractivity contribution >= 4 is 5.97 Å². The Balaban J connectivity index is 0.000000109. The van der Waals surface area contributed by atoms with Crippen molar-refractivity contribution < 1.29 is 101 Å². The molecule has 0 saturated heterocycles. The molecule has 24 rings (SSSR count). The molecule has 0 radical (unpaired) electrons. The Hall–Kier alpha value is -4.69. The van der Waals surface area contributed by atoms with Gasteiger partial charge < -0.3 is 96.7 Å². The van der Waals surface area contributed by atoms with Crippen molar-refractivity contribution in [3.05, 3.63) is 136 Å². The summed E-state index contributed by atoms with van der Waals surface area (Å²) < 4.78 is 5.40. The van der Waals surface area contributed by atoms with Gasteiger partial charge in [0, 0.05) is 46.8 Å². The van der Waals surface area contributed by atoms with E-state index in [1.807, 2.05) is 31.2 Å². The Morgan fingerprint density at radius 2 is 0.787 bits per heavy atom. The van der Waals surface area contributed by atoms with E-state index in [4.69, 9.17) is 4.74 Å². The highest BCUT2D eigenvalue weighted by Crippen LogP contribution is 2.70. The Morgan fingerprint density at radius 1 is 0.360 bits per heavy atom. The SMILES string of the molecule is C.CC(=O)OC1=C(O)CC2C3C(CC[C@]12C)C1=C(C[C@@H](O)CC1)C[C@@H]3O.CC1=C(O)[C@@]2(C)CCC3C4=C(C[C@@H](O)CC4)C[C@H](O)C3C2C1.C[C@@H]1CC2=C3C(CC[C@]2(C)[C@H]1O)C1CC[C@H](O)C=C1C[C@@H]3O.C[C@@H]1CC2C3=C(CC[C@]2(C)[C@H]1O)C1CC[C@H](O)C=C1C[C@@H]3O.C[C@H]1[C@H](O)CC2=C3C(CC[C@@]21C)C1CC[C@H](O)C=C1C[C@@H]3O.C[C@H]1[C@H](O)CC2C3=C(CC[C@@]21C)C1CC[C@H](O)C=C1C[C@@H]3O. The van der Waals surface area contributed by atoms with Gasteiger partial charge in [-0.2, -0.15) is 0 Å². The highest BCUT2D eigenvalue weighted by molar-refractivity contribution is 5.68. The van der Waals surface area contributed by atoms with Crippen LogP contribution < -0.4 is 0 Å². The molecule has 18 N–H and O–H groups in total. The van der Waals surface area contributed by atoms with Crippen LogP contribution in [0.25, 0.3) is 0 Å². The lowest BCUT2D eigenvalue weighted by molar-refractivity contribution is -0.140. The summed E-state index contributed by atoms with van der Waals surface area (Å²) in [5.41, 5.74) is 21.9. The van der Waals surface area contributed by atoms with Crippen LogP contribution in [0.15, 0.2) is 136 Å². The molecule has 0 amide bonds. The zero-order valence-electron chi connectivity index (χ0n) is 83.2. The number of ether oxygens (including phenoxy) is 1. The molecule has 0 aromatic rings. The van der Waals surface area contributed by atoms with Gasteiger partial charge in [-0.15, -0.1) is 0 Å². The minimum Gasteiger partial charge on any atom is -0.512 e. The van der Waals surface area contributed by atoms with E-state index < -0.39 is 36.5 Å². The second kappa shape index (κ2) is 38.0. The van der Waals surface area contributed by atoms with Gasteiger partial charge in [0.05, 0.1) is 103 Å². The van der Waals surface area contributed by atoms with Crippen LogP contribution in [0, 0.1) is 139 Å². The third-order valence-electron chi connectivity index (χ3n) is 43.3. The van der Waals surface area contributed by atoms with Crippen LogP contribution in [-0.2, 0) is 9.53 Å². The van der Waals surface area contributed by atoms with Crippen LogP contribution in [0.5, 0.6) is 0 Å². The number of aliphatic hydroxyl groups excluding tert-OH is 18. The van der Waals surface area contributed by atoms with E-state index in [1.165, 1.54) is 90.5 Å². The maximum atomic E-state index is 11.5. The lowest BCUT2D eigenvalue weighted by Gasteiger charge is -2.52. The van der Waals surface area contributed by atoms with Crippen molar-refractivity contribution in [2.75, 3.05) is 0 Å². The van der Waals surface area contributed by atoms with Gasteiger partial charge in [-0.25, -0.2) is 0 Å². The number of hydrogen-bond donors (Lipinski definition) is 18. The number of rotatable bonds is 1. The molecular weight excluding hydrogens is 1710 g/mol. The normalized spacial score (nSPS) is 48.8. The monoisotopic (exact) mass is 1890 g/mol. The Kier molecular flexibility index (Phi) is 28.4. The third kappa shape index (κ3) is 17.1. The number of hydrogen-bond acceptors (Lipinski definition) is 20. The Labute approximate surface area is 810 Å². The molecule has 24 aliphatic rings. The molecule has 20 heteroatoms. The minimum atomic E-state index is -0.455. The van der Waals surface area contributed by atoms with Crippen LogP contribution in [0.2, 0.25) is 0 Å². The first-order valence-corrected chi connectivity index (χ1v) is 53.9. The molecule has 0 bridgehead atoms. The van der Waals surface area contributed by atoms with Gasteiger partial charge in [0.1, 0.15) is 5.76 Å². The molecule has 8 fully saturated rings. The molecular formula is C116H172O20. The first-order valence-electron chi connectivity index (χ1n) is 53.9. The predicted molar refractivity (Wildman–Crippen MR) is 524 cm³/mol. The highest BCUT2D eigenvalue weighted by Gasteiger charge is 2.64. The number of aliphatic hydroxyl groups is 18. The Bertz CT molecular complexity index is 4790. The van der Waals surface area contributed by atoms with Crippen molar-refractivity contribution in [2.45, 2.75) is 432 Å². The summed E-state index contributed by atoms with van der Waals surface area (Å²) in [4.78, 5) is 11.5.